The highest BCUT2D eigenvalue weighted by atomic mass is 15.1. The SMILES string of the molecule is Cc1ccc(-c2cc(-c3ccc(C)cc3)c3c4ccccc4c4cc(N(c5ccccc5)c5ccccc5)ccc4c3c2-c2ccc(C)cc2)cc1. The van der Waals surface area contributed by atoms with Crippen molar-refractivity contribution in [3.05, 3.63) is 199 Å². The molecule has 248 valence electrons. The van der Waals surface area contributed by atoms with Crippen molar-refractivity contribution < 1.29 is 0 Å². The van der Waals surface area contributed by atoms with Crippen LogP contribution in [-0.4, -0.2) is 0 Å². The predicted molar refractivity (Wildman–Crippen MR) is 224 cm³/mol. The van der Waals surface area contributed by atoms with E-state index in [1.807, 2.05) is 0 Å². The van der Waals surface area contributed by atoms with Crippen molar-refractivity contribution in [2.45, 2.75) is 20.8 Å². The largest absolute Gasteiger partial charge is 0.310 e. The van der Waals surface area contributed by atoms with Gasteiger partial charge >= 0.3 is 0 Å². The third-order valence-electron chi connectivity index (χ3n) is 10.4. The Labute approximate surface area is 306 Å². The summed E-state index contributed by atoms with van der Waals surface area (Å²) in [6.07, 6.45) is 0. The lowest BCUT2D eigenvalue weighted by Crippen LogP contribution is -2.09. The highest BCUT2D eigenvalue weighted by molar-refractivity contribution is 6.33. The smallest absolute Gasteiger partial charge is 0.0468 e. The van der Waals surface area contributed by atoms with Gasteiger partial charge in [0.2, 0.25) is 0 Å². The number of anilines is 3. The summed E-state index contributed by atoms with van der Waals surface area (Å²) in [5.41, 5.74) is 14.6. The molecule has 0 heterocycles. The molecule has 0 aliphatic carbocycles. The van der Waals surface area contributed by atoms with Crippen LogP contribution in [0.25, 0.3) is 65.7 Å². The first-order valence-electron chi connectivity index (χ1n) is 18.1. The third-order valence-corrected chi connectivity index (χ3v) is 10.4. The molecule has 1 nitrogen and oxygen atoms in total. The second kappa shape index (κ2) is 13.0. The lowest BCUT2D eigenvalue weighted by atomic mass is 9.81. The monoisotopic (exact) mass is 665 g/mol. The zero-order chi connectivity index (χ0) is 35.2. The summed E-state index contributed by atoms with van der Waals surface area (Å²) in [5, 5.41) is 7.56. The topological polar surface area (TPSA) is 3.24 Å². The van der Waals surface area contributed by atoms with E-state index in [1.165, 1.54) is 82.4 Å². The van der Waals surface area contributed by atoms with Crippen LogP contribution in [0.1, 0.15) is 16.7 Å². The number of hydrogen-bond acceptors (Lipinski definition) is 1. The normalized spacial score (nSPS) is 11.4. The van der Waals surface area contributed by atoms with Gasteiger partial charge in [0.1, 0.15) is 0 Å². The number of rotatable bonds is 6. The van der Waals surface area contributed by atoms with Crippen LogP contribution in [0.4, 0.5) is 17.1 Å². The molecule has 1 heteroatoms. The molecule has 0 aliphatic heterocycles. The molecule has 0 amide bonds. The average molecular weight is 666 g/mol. The lowest BCUT2D eigenvalue weighted by molar-refractivity contribution is 1.29. The zero-order valence-corrected chi connectivity index (χ0v) is 29.8. The summed E-state index contributed by atoms with van der Waals surface area (Å²) < 4.78 is 0. The van der Waals surface area contributed by atoms with Crippen molar-refractivity contribution >= 4 is 49.4 Å². The van der Waals surface area contributed by atoms with Crippen LogP contribution in [0, 0.1) is 20.8 Å². The molecular formula is C51H39N. The summed E-state index contributed by atoms with van der Waals surface area (Å²) in [6, 6.07) is 67.0. The van der Waals surface area contributed by atoms with Crippen molar-refractivity contribution in [2.75, 3.05) is 4.90 Å². The molecule has 0 saturated carbocycles. The maximum atomic E-state index is 2.45. The summed E-state index contributed by atoms with van der Waals surface area (Å²) in [4.78, 5) is 2.36. The van der Waals surface area contributed by atoms with Gasteiger partial charge in [0.15, 0.2) is 0 Å². The number of para-hydroxylation sites is 2. The molecule has 9 aromatic carbocycles. The molecule has 52 heavy (non-hydrogen) atoms. The van der Waals surface area contributed by atoms with Gasteiger partial charge in [-0.2, -0.15) is 0 Å². The molecule has 0 unspecified atom stereocenters. The molecule has 0 spiro atoms. The Morgan fingerprint density at radius 2 is 0.769 bits per heavy atom. The first-order valence-corrected chi connectivity index (χ1v) is 18.1. The summed E-state index contributed by atoms with van der Waals surface area (Å²) in [7, 11) is 0. The van der Waals surface area contributed by atoms with Crippen molar-refractivity contribution in [1.82, 2.24) is 0 Å². The molecule has 0 bridgehead atoms. The number of fused-ring (bicyclic) bond motifs is 6. The van der Waals surface area contributed by atoms with Gasteiger partial charge in [0.25, 0.3) is 0 Å². The lowest BCUT2D eigenvalue weighted by Gasteiger charge is -2.27. The number of benzene rings is 9. The Kier molecular flexibility index (Phi) is 7.90. The molecular weight excluding hydrogens is 627 g/mol. The molecule has 9 aromatic rings. The van der Waals surface area contributed by atoms with E-state index in [1.54, 1.807) is 0 Å². The second-order valence-electron chi connectivity index (χ2n) is 14.0. The first-order chi connectivity index (χ1) is 25.5. The molecule has 0 aromatic heterocycles. The van der Waals surface area contributed by atoms with Crippen LogP contribution < -0.4 is 4.90 Å². The van der Waals surface area contributed by atoms with Gasteiger partial charge in [0, 0.05) is 17.1 Å². The van der Waals surface area contributed by atoms with E-state index in [9.17, 15) is 0 Å². The zero-order valence-electron chi connectivity index (χ0n) is 29.8. The van der Waals surface area contributed by atoms with E-state index in [-0.39, 0.29) is 0 Å². The van der Waals surface area contributed by atoms with E-state index in [0.717, 1.165) is 17.1 Å². The van der Waals surface area contributed by atoms with Gasteiger partial charge in [-0.25, -0.2) is 0 Å². The minimum absolute atomic E-state index is 1.12. The average Bonchev–Trinajstić information content (AvgIpc) is 3.19. The molecule has 0 atom stereocenters. The number of hydrogen-bond donors (Lipinski definition) is 0. The van der Waals surface area contributed by atoms with Crippen molar-refractivity contribution in [1.29, 1.82) is 0 Å². The van der Waals surface area contributed by atoms with E-state index < -0.39 is 0 Å². The molecule has 0 aliphatic rings. The fourth-order valence-electron chi connectivity index (χ4n) is 7.82. The van der Waals surface area contributed by atoms with Gasteiger partial charge < -0.3 is 4.90 Å². The Hall–Kier alpha value is -6.44. The Bertz CT molecular complexity index is 2670. The van der Waals surface area contributed by atoms with Crippen LogP contribution in [0.2, 0.25) is 0 Å². The van der Waals surface area contributed by atoms with E-state index in [2.05, 4.69) is 208 Å². The highest BCUT2D eigenvalue weighted by Gasteiger charge is 2.23. The third kappa shape index (κ3) is 5.52. The first kappa shape index (κ1) is 31.5. The molecule has 9 rings (SSSR count). The van der Waals surface area contributed by atoms with Crippen molar-refractivity contribution in [3.8, 4) is 33.4 Å². The fraction of sp³-hybridized carbons (Fsp3) is 0.0588. The molecule has 0 saturated heterocycles. The van der Waals surface area contributed by atoms with Gasteiger partial charge in [-0.15, -0.1) is 0 Å². The maximum Gasteiger partial charge on any atom is 0.0468 e. The summed E-state index contributed by atoms with van der Waals surface area (Å²) >= 11 is 0. The van der Waals surface area contributed by atoms with Crippen LogP contribution in [-0.2, 0) is 0 Å². The van der Waals surface area contributed by atoms with Gasteiger partial charge in [-0.3, -0.25) is 0 Å². The Morgan fingerprint density at radius 1 is 0.308 bits per heavy atom. The van der Waals surface area contributed by atoms with Crippen LogP contribution in [0.3, 0.4) is 0 Å². The van der Waals surface area contributed by atoms with Crippen LogP contribution in [0.5, 0.6) is 0 Å². The Morgan fingerprint density at radius 3 is 1.33 bits per heavy atom. The fourth-order valence-corrected chi connectivity index (χ4v) is 7.82. The van der Waals surface area contributed by atoms with Gasteiger partial charge in [0.05, 0.1) is 0 Å². The van der Waals surface area contributed by atoms with Gasteiger partial charge in [-0.1, -0.05) is 156 Å². The predicted octanol–water partition coefficient (Wildman–Crippen LogP) is 14.5. The molecule has 0 N–H and O–H groups in total. The highest BCUT2D eigenvalue weighted by Crippen LogP contribution is 2.50. The summed E-state index contributed by atoms with van der Waals surface area (Å²) in [6.45, 7) is 6.49. The summed E-state index contributed by atoms with van der Waals surface area (Å²) in [5.74, 6) is 0. The van der Waals surface area contributed by atoms with Crippen LogP contribution in [0.15, 0.2) is 182 Å². The van der Waals surface area contributed by atoms with Crippen LogP contribution >= 0.6 is 0 Å². The van der Waals surface area contributed by atoms with E-state index in [0.29, 0.717) is 0 Å². The molecule has 0 fully saturated rings. The maximum absolute atomic E-state index is 2.45. The van der Waals surface area contributed by atoms with Gasteiger partial charge in [-0.05, 0) is 129 Å². The number of aryl methyl sites for hydroxylation is 3. The minimum atomic E-state index is 1.12. The van der Waals surface area contributed by atoms with E-state index >= 15 is 0 Å². The number of nitrogens with zero attached hydrogens (tertiary/aromatic N) is 1. The standard InChI is InChI=1S/C51H39N/c1-34-18-24-37(25-19-34)46-33-47(38-26-20-35(2)21-27-38)50-44-17-11-10-16-43(44)48-32-42(52(40-12-6-4-7-13-40)41-14-8-5-9-15-41)30-31-45(48)51(50)49(46)39-28-22-36(3)23-29-39/h4-33H,1-3H3. The quantitative estimate of drug-likeness (QED) is 0.160. The molecule has 0 radical (unpaired) electrons. The minimum Gasteiger partial charge on any atom is -0.310 e. The second-order valence-corrected chi connectivity index (χ2v) is 14.0. The Balaban J connectivity index is 1.47. The van der Waals surface area contributed by atoms with Crippen molar-refractivity contribution in [2.24, 2.45) is 0 Å². The van der Waals surface area contributed by atoms with E-state index in [4.69, 9.17) is 0 Å². The van der Waals surface area contributed by atoms with Crippen molar-refractivity contribution in [3.63, 3.8) is 0 Å².